The largest absolute Gasteiger partial charge is 0.456 e. The van der Waals surface area contributed by atoms with Gasteiger partial charge < -0.3 is 9.32 Å². The van der Waals surface area contributed by atoms with E-state index >= 15 is 0 Å². The molecule has 59 heavy (non-hydrogen) atoms. The fourth-order valence-electron chi connectivity index (χ4n) is 9.41. The van der Waals surface area contributed by atoms with E-state index in [1.54, 1.807) is 0 Å². The second-order valence-corrected chi connectivity index (χ2v) is 15.9. The topological polar surface area (TPSA) is 16.4 Å². The molecule has 280 valence electrons. The molecule has 1 heterocycles. The summed E-state index contributed by atoms with van der Waals surface area (Å²) in [6.07, 6.45) is 5.30. The number of fused-ring (bicyclic) bond motifs is 5. The Kier molecular flexibility index (Phi) is 8.37. The van der Waals surface area contributed by atoms with Crippen LogP contribution in [0.15, 0.2) is 217 Å². The molecule has 1 aliphatic carbocycles. The van der Waals surface area contributed by atoms with Gasteiger partial charge >= 0.3 is 0 Å². The lowest BCUT2D eigenvalue weighted by atomic mass is 9.70. The highest BCUT2D eigenvalue weighted by atomic mass is 16.3. The molecule has 1 unspecified atom stereocenters. The van der Waals surface area contributed by atoms with Crippen LogP contribution in [0.5, 0.6) is 0 Å². The zero-order chi connectivity index (χ0) is 39.3. The van der Waals surface area contributed by atoms with E-state index in [-0.39, 0.29) is 5.41 Å². The predicted molar refractivity (Wildman–Crippen MR) is 249 cm³/mol. The molecule has 0 bridgehead atoms. The van der Waals surface area contributed by atoms with Crippen LogP contribution in [-0.2, 0) is 5.41 Å². The van der Waals surface area contributed by atoms with Gasteiger partial charge in [-0.05, 0) is 110 Å². The van der Waals surface area contributed by atoms with E-state index < -0.39 is 0 Å². The first-order chi connectivity index (χ1) is 29.1. The Hall–Kier alpha value is -7.42. The molecule has 0 amide bonds. The number of hydrogen-bond donors (Lipinski definition) is 0. The third-order valence-electron chi connectivity index (χ3n) is 12.4. The van der Waals surface area contributed by atoms with Crippen molar-refractivity contribution in [3.63, 3.8) is 0 Å². The number of para-hydroxylation sites is 2. The normalized spacial score (nSPS) is 14.8. The zero-order valence-corrected chi connectivity index (χ0v) is 32.8. The SMILES string of the molecule is CC1(c2ccc(N(c3ccc(-c4ccc5ccccc5c4)cc3)c3ccccc3-c3cccc4cccc(-c5ccccc5)c34)cc2)CC=Cc2oc3ccccc3c21. The van der Waals surface area contributed by atoms with Gasteiger partial charge in [-0.3, -0.25) is 0 Å². The van der Waals surface area contributed by atoms with Gasteiger partial charge in [-0.25, -0.2) is 0 Å². The lowest BCUT2D eigenvalue weighted by Crippen LogP contribution is -2.25. The fourth-order valence-corrected chi connectivity index (χ4v) is 9.41. The number of nitrogens with zero attached hydrogens (tertiary/aromatic N) is 1. The first kappa shape index (κ1) is 34.8. The summed E-state index contributed by atoms with van der Waals surface area (Å²) >= 11 is 0. The van der Waals surface area contributed by atoms with Gasteiger partial charge in [0.25, 0.3) is 0 Å². The zero-order valence-electron chi connectivity index (χ0n) is 32.8. The summed E-state index contributed by atoms with van der Waals surface area (Å²) in [7, 11) is 0. The van der Waals surface area contributed by atoms with Gasteiger partial charge in [0.2, 0.25) is 0 Å². The molecule has 0 radical (unpaired) electrons. The van der Waals surface area contributed by atoms with Crippen molar-refractivity contribution < 1.29 is 4.42 Å². The maximum atomic E-state index is 6.37. The molecule has 1 aliphatic rings. The number of anilines is 3. The highest BCUT2D eigenvalue weighted by molar-refractivity contribution is 6.09. The van der Waals surface area contributed by atoms with Crippen molar-refractivity contribution in [2.24, 2.45) is 0 Å². The molecule has 0 spiro atoms. The molecule has 1 atom stereocenters. The molecule has 0 fully saturated rings. The van der Waals surface area contributed by atoms with E-state index in [0.717, 1.165) is 34.8 Å². The van der Waals surface area contributed by atoms with Crippen LogP contribution in [-0.4, -0.2) is 0 Å². The molecule has 9 aromatic carbocycles. The van der Waals surface area contributed by atoms with Crippen LogP contribution >= 0.6 is 0 Å². The quantitative estimate of drug-likeness (QED) is 0.161. The lowest BCUT2D eigenvalue weighted by molar-refractivity contribution is 0.535. The van der Waals surface area contributed by atoms with Gasteiger partial charge in [-0.1, -0.05) is 177 Å². The van der Waals surface area contributed by atoms with Gasteiger partial charge in [-0.15, -0.1) is 0 Å². The summed E-state index contributed by atoms with van der Waals surface area (Å²) in [5, 5.41) is 6.14. The molecular weight excluding hydrogens is 715 g/mol. The van der Waals surface area contributed by atoms with E-state index in [0.29, 0.717) is 0 Å². The van der Waals surface area contributed by atoms with Gasteiger partial charge in [0, 0.05) is 33.3 Å². The Morgan fingerprint density at radius 1 is 0.475 bits per heavy atom. The van der Waals surface area contributed by atoms with Crippen LogP contribution in [0.2, 0.25) is 0 Å². The highest BCUT2D eigenvalue weighted by Gasteiger charge is 2.36. The number of allylic oxidation sites excluding steroid dienone is 1. The Labute approximate surface area is 345 Å². The van der Waals surface area contributed by atoms with Crippen molar-refractivity contribution in [3.05, 3.63) is 229 Å². The van der Waals surface area contributed by atoms with Crippen molar-refractivity contribution in [3.8, 4) is 33.4 Å². The summed E-state index contributed by atoms with van der Waals surface area (Å²) in [5.41, 5.74) is 13.7. The summed E-state index contributed by atoms with van der Waals surface area (Å²) in [5.74, 6) is 0.955. The fraction of sp³-hybridized carbons (Fsp3) is 0.0526. The first-order valence-corrected chi connectivity index (χ1v) is 20.5. The number of furan rings is 1. The second kappa shape index (κ2) is 14.2. The summed E-state index contributed by atoms with van der Waals surface area (Å²) in [4.78, 5) is 2.43. The minimum atomic E-state index is -0.240. The van der Waals surface area contributed by atoms with Gasteiger partial charge in [0.05, 0.1) is 5.69 Å². The van der Waals surface area contributed by atoms with Crippen LogP contribution < -0.4 is 4.90 Å². The molecule has 0 N–H and O–H groups in total. The Bertz CT molecular complexity index is 3190. The van der Waals surface area contributed by atoms with Crippen LogP contribution in [0, 0.1) is 0 Å². The number of hydrogen-bond acceptors (Lipinski definition) is 2. The Morgan fingerprint density at radius 3 is 1.92 bits per heavy atom. The smallest absolute Gasteiger partial charge is 0.135 e. The van der Waals surface area contributed by atoms with E-state index in [9.17, 15) is 0 Å². The monoisotopic (exact) mass is 755 g/mol. The van der Waals surface area contributed by atoms with Gasteiger partial charge in [0.1, 0.15) is 11.3 Å². The van der Waals surface area contributed by atoms with Crippen LogP contribution in [0.25, 0.3) is 72.0 Å². The molecule has 0 saturated heterocycles. The Morgan fingerprint density at radius 2 is 1.10 bits per heavy atom. The van der Waals surface area contributed by atoms with E-state index in [4.69, 9.17) is 4.42 Å². The third-order valence-corrected chi connectivity index (χ3v) is 12.4. The average Bonchev–Trinajstić information content (AvgIpc) is 3.70. The van der Waals surface area contributed by atoms with Crippen molar-refractivity contribution in [1.29, 1.82) is 0 Å². The van der Waals surface area contributed by atoms with Gasteiger partial charge in [0.15, 0.2) is 0 Å². The van der Waals surface area contributed by atoms with E-state index in [2.05, 4.69) is 230 Å². The summed E-state index contributed by atoms with van der Waals surface area (Å²) in [6.45, 7) is 2.36. The second-order valence-electron chi connectivity index (χ2n) is 15.9. The number of rotatable bonds is 7. The van der Waals surface area contributed by atoms with E-state index in [1.165, 1.54) is 71.4 Å². The number of benzene rings is 9. The molecule has 0 aliphatic heterocycles. The van der Waals surface area contributed by atoms with Gasteiger partial charge in [-0.2, -0.15) is 0 Å². The first-order valence-electron chi connectivity index (χ1n) is 20.5. The van der Waals surface area contributed by atoms with Crippen LogP contribution in [0.1, 0.15) is 30.2 Å². The standard InChI is InChI=1S/C57H41NO/c1-57(37-13-26-54-56(57)51-21-8-10-25-53(51)59-54)45-31-35-47(36-32-45)58(46-33-29-40(30-34-46)44-28-27-39-14-5-6-17-43(39)38-44)52-24-9-7-20-49(52)50-23-12-19-42-18-11-22-48(55(42)50)41-15-3-2-4-16-41/h2-36,38H,37H2,1H3. The van der Waals surface area contributed by atoms with Crippen molar-refractivity contribution >= 4 is 55.7 Å². The molecule has 2 nitrogen and oxygen atoms in total. The molecule has 11 rings (SSSR count). The predicted octanol–water partition coefficient (Wildman–Crippen LogP) is 15.9. The van der Waals surface area contributed by atoms with Crippen molar-refractivity contribution in [1.82, 2.24) is 0 Å². The minimum absolute atomic E-state index is 0.240. The Balaban J connectivity index is 1.07. The third kappa shape index (κ3) is 5.96. The van der Waals surface area contributed by atoms with Crippen molar-refractivity contribution in [2.75, 3.05) is 4.90 Å². The lowest BCUT2D eigenvalue weighted by Gasteiger charge is -2.33. The molecular formula is C57H41NO. The maximum Gasteiger partial charge on any atom is 0.135 e. The average molecular weight is 756 g/mol. The summed E-state index contributed by atoms with van der Waals surface area (Å²) < 4.78 is 6.37. The van der Waals surface area contributed by atoms with Crippen LogP contribution in [0.4, 0.5) is 17.1 Å². The minimum Gasteiger partial charge on any atom is -0.456 e. The van der Waals surface area contributed by atoms with Crippen molar-refractivity contribution in [2.45, 2.75) is 18.8 Å². The molecule has 10 aromatic rings. The van der Waals surface area contributed by atoms with Crippen LogP contribution in [0.3, 0.4) is 0 Å². The van der Waals surface area contributed by atoms with E-state index in [1.807, 2.05) is 0 Å². The maximum absolute atomic E-state index is 6.37. The molecule has 1 aromatic heterocycles. The molecule has 0 saturated carbocycles. The molecule has 2 heteroatoms. The highest BCUT2D eigenvalue weighted by Crippen LogP contribution is 2.48. The summed E-state index contributed by atoms with van der Waals surface area (Å²) in [6, 6.07) is 75.0.